The first-order valence-electron chi connectivity index (χ1n) is 4.86. The zero-order valence-corrected chi connectivity index (χ0v) is 8.77. The molecule has 4 heteroatoms. The van der Waals surface area contributed by atoms with Crippen LogP contribution < -0.4 is 10.6 Å². The molecule has 0 saturated carbocycles. The maximum atomic E-state index is 10.9. The zero-order valence-electron chi connectivity index (χ0n) is 7.95. The molecular formula is C10H14N2OS. The smallest absolute Gasteiger partial charge is 0.220 e. The van der Waals surface area contributed by atoms with E-state index in [0.717, 1.165) is 19.5 Å². The maximum Gasteiger partial charge on any atom is 0.220 e. The second-order valence-corrected chi connectivity index (χ2v) is 4.33. The van der Waals surface area contributed by atoms with Crippen molar-refractivity contribution in [3.63, 3.8) is 0 Å². The molecule has 2 heterocycles. The first kappa shape index (κ1) is 9.68. The molecule has 2 rings (SSSR count). The van der Waals surface area contributed by atoms with Crippen LogP contribution >= 0.6 is 11.3 Å². The van der Waals surface area contributed by atoms with Crippen molar-refractivity contribution in [2.24, 2.45) is 0 Å². The van der Waals surface area contributed by atoms with Crippen LogP contribution in [0, 0.1) is 0 Å². The molecule has 1 unspecified atom stereocenters. The minimum Gasteiger partial charge on any atom is -0.355 e. The highest BCUT2D eigenvalue weighted by Gasteiger charge is 2.16. The summed E-state index contributed by atoms with van der Waals surface area (Å²) in [4.78, 5) is 10.9. The summed E-state index contributed by atoms with van der Waals surface area (Å²) in [6.45, 7) is 1.67. The standard InChI is InChI=1S/C10H14N2OS/c13-10-2-1-9(6-12-10)11-5-8-3-4-14-7-8/h3-4,7,9,11H,1-2,5-6H2,(H,12,13). The van der Waals surface area contributed by atoms with E-state index in [9.17, 15) is 4.79 Å². The molecule has 1 aromatic rings. The summed E-state index contributed by atoms with van der Waals surface area (Å²) < 4.78 is 0. The molecule has 1 aliphatic rings. The van der Waals surface area contributed by atoms with Gasteiger partial charge in [-0.1, -0.05) is 0 Å². The molecule has 0 bridgehead atoms. The molecule has 1 atom stereocenters. The van der Waals surface area contributed by atoms with Gasteiger partial charge in [0, 0.05) is 25.6 Å². The van der Waals surface area contributed by atoms with Gasteiger partial charge < -0.3 is 10.6 Å². The molecule has 0 radical (unpaired) electrons. The summed E-state index contributed by atoms with van der Waals surface area (Å²) in [5.74, 6) is 0.179. The molecule has 14 heavy (non-hydrogen) atoms. The van der Waals surface area contributed by atoms with Gasteiger partial charge in [0.25, 0.3) is 0 Å². The van der Waals surface area contributed by atoms with Gasteiger partial charge >= 0.3 is 0 Å². The highest BCUT2D eigenvalue weighted by molar-refractivity contribution is 7.07. The second kappa shape index (κ2) is 4.57. The highest BCUT2D eigenvalue weighted by Crippen LogP contribution is 2.07. The van der Waals surface area contributed by atoms with Gasteiger partial charge in [0.1, 0.15) is 0 Å². The minimum absolute atomic E-state index is 0.179. The van der Waals surface area contributed by atoms with Crippen LogP contribution in [0.25, 0.3) is 0 Å². The van der Waals surface area contributed by atoms with E-state index in [0.29, 0.717) is 12.5 Å². The van der Waals surface area contributed by atoms with Crippen LogP contribution in [0.2, 0.25) is 0 Å². The zero-order chi connectivity index (χ0) is 9.80. The molecule has 1 saturated heterocycles. The van der Waals surface area contributed by atoms with Crippen molar-refractivity contribution in [1.82, 2.24) is 10.6 Å². The Morgan fingerprint density at radius 1 is 1.64 bits per heavy atom. The van der Waals surface area contributed by atoms with E-state index in [1.807, 2.05) is 0 Å². The van der Waals surface area contributed by atoms with Crippen molar-refractivity contribution in [3.8, 4) is 0 Å². The fraction of sp³-hybridized carbons (Fsp3) is 0.500. The third kappa shape index (κ3) is 2.56. The van der Waals surface area contributed by atoms with Crippen LogP contribution in [0.15, 0.2) is 16.8 Å². The molecule has 1 amide bonds. The Balaban J connectivity index is 1.73. The van der Waals surface area contributed by atoms with Crippen molar-refractivity contribution in [3.05, 3.63) is 22.4 Å². The van der Waals surface area contributed by atoms with E-state index < -0.39 is 0 Å². The Labute approximate surface area is 87.5 Å². The van der Waals surface area contributed by atoms with Gasteiger partial charge in [0.05, 0.1) is 0 Å². The molecule has 3 nitrogen and oxygen atoms in total. The third-order valence-electron chi connectivity index (χ3n) is 2.44. The van der Waals surface area contributed by atoms with Gasteiger partial charge in [-0.3, -0.25) is 4.79 Å². The fourth-order valence-electron chi connectivity index (χ4n) is 1.56. The Bertz CT molecular complexity index is 287. The van der Waals surface area contributed by atoms with E-state index in [1.165, 1.54) is 5.56 Å². The van der Waals surface area contributed by atoms with Crippen molar-refractivity contribution >= 4 is 17.2 Å². The van der Waals surface area contributed by atoms with Gasteiger partial charge in [-0.25, -0.2) is 0 Å². The molecule has 2 N–H and O–H groups in total. The van der Waals surface area contributed by atoms with Crippen LogP contribution in [-0.4, -0.2) is 18.5 Å². The van der Waals surface area contributed by atoms with Crippen LogP contribution in [0.5, 0.6) is 0 Å². The summed E-state index contributed by atoms with van der Waals surface area (Å²) in [7, 11) is 0. The summed E-state index contributed by atoms with van der Waals surface area (Å²) in [5.41, 5.74) is 1.33. The lowest BCUT2D eigenvalue weighted by molar-refractivity contribution is -0.122. The van der Waals surface area contributed by atoms with Crippen LogP contribution in [0.1, 0.15) is 18.4 Å². The van der Waals surface area contributed by atoms with Crippen LogP contribution in [0.3, 0.4) is 0 Å². The molecule has 1 aliphatic heterocycles. The van der Waals surface area contributed by atoms with E-state index in [2.05, 4.69) is 27.5 Å². The normalized spacial score (nSPS) is 22.0. The Morgan fingerprint density at radius 3 is 3.21 bits per heavy atom. The summed E-state index contributed by atoms with van der Waals surface area (Å²) >= 11 is 1.72. The highest BCUT2D eigenvalue weighted by atomic mass is 32.1. The van der Waals surface area contributed by atoms with Gasteiger partial charge in [-0.2, -0.15) is 11.3 Å². The summed E-state index contributed by atoms with van der Waals surface area (Å²) in [6.07, 6.45) is 1.61. The lowest BCUT2D eigenvalue weighted by atomic mass is 10.1. The van der Waals surface area contributed by atoms with Crippen LogP contribution in [-0.2, 0) is 11.3 Å². The number of piperidine rings is 1. The lowest BCUT2D eigenvalue weighted by Crippen LogP contribution is -2.45. The van der Waals surface area contributed by atoms with Crippen molar-refractivity contribution < 1.29 is 4.79 Å². The molecular weight excluding hydrogens is 196 g/mol. The summed E-state index contributed by atoms with van der Waals surface area (Å²) in [5, 5.41) is 10.5. The SMILES string of the molecule is O=C1CCC(NCc2ccsc2)CN1. The van der Waals surface area contributed by atoms with Gasteiger partial charge in [-0.15, -0.1) is 0 Å². The molecule has 1 aromatic heterocycles. The van der Waals surface area contributed by atoms with E-state index in [-0.39, 0.29) is 5.91 Å². The first-order chi connectivity index (χ1) is 6.84. The number of amides is 1. The third-order valence-corrected chi connectivity index (χ3v) is 3.17. The monoisotopic (exact) mass is 210 g/mol. The topological polar surface area (TPSA) is 41.1 Å². The Morgan fingerprint density at radius 2 is 2.57 bits per heavy atom. The number of carbonyl (C=O) groups is 1. The quantitative estimate of drug-likeness (QED) is 0.785. The van der Waals surface area contributed by atoms with E-state index in [4.69, 9.17) is 0 Å². The maximum absolute atomic E-state index is 10.9. The van der Waals surface area contributed by atoms with Gasteiger partial charge in [-0.05, 0) is 28.8 Å². The van der Waals surface area contributed by atoms with Gasteiger partial charge in [0.2, 0.25) is 5.91 Å². The number of carbonyl (C=O) groups excluding carboxylic acids is 1. The van der Waals surface area contributed by atoms with Crippen molar-refractivity contribution in [2.45, 2.75) is 25.4 Å². The number of hydrogen-bond donors (Lipinski definition) is 2. The predicted molar refractivity (Wildman–Crippen MR) is 57.2 cm³/mol. The van der Waals surface area contributed by atoms with Crippen molar-refractivity contribution in [2.75, 3.05) is 6.54 Å². The summed E-state index contributed by atoms with van der Waals surface area (Å²) in [6, 6.07) is 2.56. The largest absolute Gasteiger partial charge is 0.355 e. The Kier molecular flexibility index (Phi) is 3.16. The average molecular weight is 210 g/mol. The molecule has 0 aliphatic carbocycles. The lowest BCUT2D eigenvalue weighted by Gasteiger charge is -2.23. The first-order valence-corrected chi connectivity index (χ1v) is 5.80. The minimum atomic E-state index is 0.179. The number of hydrogen-bond acceptors (Lipinski definition) is 3. The van der Waals surface area contributed by atoms with Gasteiger partial charge in [0.15, 0.2) is 0 Å². The molecule has 76 valence electrons. The average Bonchev–Trinajstić information content (AvgIpc) is 2.70. The number of nitrogens with one attached hydrogen (secondary N) is 2. The number of thiophene rings is 1. The second-order valence-electron chi connectivity index (χ2n) is 3.55. The molecule has 0 spiro atoms. The fourth-order valence-corrected chi connectivity index (χ4v) is 2.23. The predicted octanol–water partition coefficient (Wildman–Crippen LogP) is 1.12. The molecule has 1 fully saturated rings. The van der Waals surface area contributed by atoms with Crippen LogP contribution in [0.4, 0.5) is 0 Å². The van der Waals surface area contributed by atoms with Crippen molar-refractivity contribution in [1.29, 1.82) is 0 Å². The van der Waals surface area contributed by atoms with E-state index >= 15 is 0 Å². The number of rotatable bonds is 3. The molecule has 0 aromatic carbocycles. The Hall–Kier alpha value is -0.870. The van der Waals surface area contributed by atoms with E-state index in [1.54, 1.807) is 11.3 Å².